The molecule has 1 heterocycles. The number of aryl methyl sites for hydroxylation is 1. The number of benzene rings is 3. The predicted octanol–water partition coefficient (Wildman–Crippen LogP) is 5.29. The number of amides is 1. The van der Waals surface area contributed by atoms with Crippen LogP contribution in [0.5, 0.6) is 0 Å². The molecule has 0 spiro atoms. The first-order chi connectivity index (χ1) is 15.6. The van der Waals surface area contributed by atoms with Crippen LogP contribution in [-0.2, 0) is 17.6 Å². The largest absolute Gasteiger partial charge is 0.325 e. The fourth-order valence-electron chi connectivity index (χ4n) is 3.29. The van der Waals surface area contributed by atoms with Crippen molar-refractivity contribution in [3.05, 3.63) is 102 Å². The Morgan fingerprint density at radius 2 is 1.66 bits per heavy atom. The first-order valence-electron chi connectivity index (χ1n) is 10.4. The fourth-order valence-corrected chi connectivity index (χ4v) is 4.06. The second-order valence-corrected chi connectivity index (χ2v) is 8.20. The molecule has 1 amide bonds. The van der Waals surface area contributed by atoms with Gasteiger partial charge in [-0.25, -0.2) is 4.39 Å². The monoisotopic (exact) mass is 446 g/mol. The molecule has 4 rings (SSSR count). The highest BCUT2D eigenvalue weighted by molar-refractivity contribution is 7.99. The summed E-state index contributed by atoms with van der Waals surface area (Å²) in [5.74, 6) is 0.465. The number of nitrogens with one attached hydrogen (secondary N) is 1. The van der Waals surface area contributed by atoms with Gasteiger partial charge in [0.05, 0.1) is 5.75 Å². The summed E-state index contributed by atoms with van der Waals surface area (Å²) in [6.07, 6.45) is 1.52. The van der Waals surface area contributed by atoms with Crippen molar-refractivity contribution in [2.24, 2.45) is 0 Å². The van der Waals surface area contributed by atoms with Crippen LogP contribution in [0.3, 0.4) is 0 Å². The van der Waals surface area contributed by atoms with Gasteiger partial charge in [-0.1, -0.05) is 61.2 Å². The molecule has 4 aromatic rings. The number of thioether (sulfide) groups is 1. The van der Waals surface area contributed by atoms with E-state index in [1.165, 1.54) is 29.5 Å². The van der Waals surface area contributed by atoms with E-state index in [-0.39, 0.29) is 17.5 Å². The number of rotatable bonds is 8. The van der Waals surface area contributed by atoms with Gasteiger partial charge >= 0.3 is 0 Å². The molecule has 1 aromatic heterocycles. The predicted molar refractivity (Wildman–Crippen MR) is 126 cm³/mol. The Balaban J connectivity index is 1.52. The maximum absolute atomic E-state index is 13.5. The molecule has 3 aromatic carbocycles. The number of aromatic nitrogens is 3. The molecule has 0 aliphatic carbocycles. The first kappa shape index (κ1) is 21.8. The Morgan fingerprint density at radius 1 is 0.938 bits per heavy atom. The molecule has 0 saturated carbocycles. The van der Waals surface area contributed by atoms with Gasteiger partial charge in [-0.15, -0.1) is 10.2 Å². The van der Waals surface area contributed by atoms with Gasteiger partial charge in [-0.05, 0) is 53.9 Å². The van der Waals surface area contributed by atoms with Gasteiger partial charge in [0.2, 0.25) is 5.91 Å². The summed E-state index contributed by atoms with van der Waals surface area (Å²) in [4.78, 5) is 12.5. The van der Waals surface area contributed by atoms with E-state index in [0.717, 1.165) is 29.2 Å². The smallest absolute Gasteiger partial charge is 0.234 e. The highest BCUT2D eigenvalue weighted by Gasteiger charge is 2.16. The molecule has 0 unspecified atom stereocenters. The van der Waals surface area contributed by atoms with E-state index in [0.29, 0.717) is 11.6 Å². The third-order valence-electron chi connectivity index (χ3n) is 4.97. The van der Waals surface area contributed by atoms with Crippen molar-refractivity contribution in [1.82, 2.24) is 14.8 Å². The lowest BCUT2D eigenvalue weighted by Crippen LogP contribution is -2.14. The summed E-state index contributed by atoms with van der Waals surface area (Å²) in [6.45, 7) is 2.09. The lowest BCUT2D eigenvalue weighted by atomic mass is 10.1. The Morgan fingerprint density at radius 3 is 2.34 bits per heavy atom. The van der Waals surface area contributed by atoms with Crippen LogP contribution in [-0.4, -0.2) is 26.4 Å². The number of carbonyl (C=O) groups is 1. The Kier molecular flexibility index (Phi) is 6.97. The molecule has 0 atom stereocenters. The highest BCUT2D eigenvalue weighted by atomic mass is 32.2. The summed E-state index contributed by atoms with van der Waals surface area (Å²) >= 11 is 1.30. The average molecular weight is 447 g/mol. The number of hydrogen-bond donors (Lipinski definition) is 1. The zero-order valence-corrected chi connectivity index (χ0v) is 18.5. The molecule has 7 heteroatoms. The van der Waals surface area contributed by atoms with E-state index in [1.807, 2.05) is 59.2 Å². The van der Waals surface area contributed by atoms with Crippen molar-refractivity contribution in [3.8, 4) is 5.69 Å². The van der Waals surface area contributed by atoms with Gasteiger partial charge in [0.1, 0.15) is 11.6 Å². The molecular weight excluding hydrogens is 423 g/mol. The van der Waals surface area contributed by atoms with Crippen LogP contribution in [0, 0.1) is 5.82 Å². The van der Waals surface area contributed by atoms with E-state index in [9.17, 15) is 9.18 Å². The normalized spacial score (nSPS) is 10.8. The van der Waals surface area contributed by atoms with E-state index in [4.69, 9.17) is 0 Å². The van der Waals surface area contributed by atoms with E-state index >= 15 is 0 Å². The lowest BCUT2D eigenvalue weighted by Gasteiger charge is -2.11. The topological polar surface area (TPSA) is 59.8 Å². The molecule has 0 radical (unpaired) electrons. The molecule has 0 fully saturated rings. The lowest BCUT2D eigenvalue weighted by molar-refractivity contribution is -0.113. The summed E-state index contributed by atoms with van der Waals surface area (Å²) < 4.78 is 15.4. The van der Waals surface area contributed by atoms with Crippen LogP contribution >= 0.6 is 11.8 Å². The third kappa shape index (κ3) is 5.42. The molecule has 1 N–H and O–H groups in total. The Labute approximate surface area is 190 Å². The minimum absolute atomic E-state index is 0.127. The van der Waals surface area contributed by atoms with Crippen LogP contribution in [0.25, 0.3) is 5.69 Å². The van der Waals surface area contributed by atoms with E-state index in [2.05, 4.69) is 22.4 Å². The number of carbonyl (C=O) groups excluding carboxylic acids is 1. The second kappa shape index (κ2) is 10.2. The molecule has 162 valence electrons. The number of anilines is 1. The summed E-state index contributed by atoms with van der Waals surface area (Å²) in [7, 11) is 0. The average Bonchev–Trinajstić information content (AvgIpc) is 3.21. The van der Waals surface area contributed by atoms with Gasteiger partial charge in [0.25, 0.3) is 0 Å². The second-order valence-electron chi connectivity index (χ2n) is 7.26. The highest BCUT2D eigenvalue weighted by Crippen LogP contribution is 2.24. The summed E-state index contributed by atoms with van der Waals surface area (Å²) in [5, 5.41) is 12.2. The van der Waals surface area contributed by atoms with Crippen molar-refractivity contribution < 1.29 is 9.18 Å². The number of nitrogens with zero attached hydrogens (tertiary/aromatic N) is 3. The molecule has 5 nitrogen and oxygen atoms in total. The van der Waals surface area contributed by atoms with Crippen LogP contribution in [0.1, 0.15) is 23.9 Å². The van der Waals surface area contributed by atoms with Crippen molar-refractivity contribution in [1.29, 1.82) is 0 Å². The third-order valence-corrected chi connectivity index (χ3v) is 5.90. The van der Waals surface area contributed by atoms with Crippen molar-refractivity contribution in [2.45, 2.75) is 24.9 Å². The maximum atomic E-state index is 13.5. The van der Waals surface area contributed by atoms with Gasteiger partial charge in [-0.2, -0.15) is 0 Å². The first-order valence-corrected chi connectivity index (χ1v) is 11.4. The number of halogens is 1. The fraction of sp³-hybridized carbons (Fsp3) is 0.160. The summed E-state index contributed by atoms with van der Waals surface area (Å²) in [5.41, 5.74) is 3.82. The quantitative estimate of drug-likeness (QED) is 0.374. The molecule has 0 saturated heterocycles. The van der Waals surface area contributed by atoms with Crippen LogP contribution in [0.15, 0.2) is 84.0 Å². The minimum atomic E-state index is -0.311. The van der Waals surface area contributed by atoms with Crippen LogP contribution in [0.4, 0.5) is 10.1 Å². The van der Waals surface area contributed by atoms with Crippen molar-refractivity contribution in [3.63, 3.8) is 0 Å². The molecule has 32 heavy (non-hydrogen) atoms. The van der Waals surface area contributed by atoms with Crippen molar-refractivity contribution in [2.75, 3.05) is 11.1 Å². The summed E-state index contributed by atoms with van der Waals surface area (Å²) in [6, 6.07) is 24.0. The van der Waals surface area contributed by atoms with Gasteiger partial charge in [0, 0.05) is 17.8 Å². The van der Waals surface area contributed by atoms with E-state index in [1.54, 1.807) is 12.1 Å². The molecule has 0 aliphatic heterocycles. The maximum Gasteiger partial charge on any atom is 0.234 e. The molecule has 0 bridgehead atoms. The molecule has 0 aliphatic rings. The van der Waals surface area contributed by atoms with Gasteiger partial charge in [-0.3, -0.25) is 9.36 Å². The van der Waals surface area contributed by atoms with Crippen molar-refractivity contribution >= 4 is 23.4 Å². The van der Waals surface area contributed by atoms with E-state index < -0.39 is 0 Å². The molecular formula is C25H23FN4OS. The van der Waals surface area contributed by atoms with Gasteiger partial charge < -0.3 is 5.32 Å². The Hall–Kier alpha value is -3.45. The van der Waals surface area contributed by atoms with Crippen LogP contribution in [0.2, 0.25) is 0 Å². The minimum Gasteiger partial charge on any atom is -0.325 e. The van der Waals surface area contributed by atoms with Crippen LogP contribution < -0.4 is 5.32 Å². The zero-order chi connectivity index (χ0) is 22.3. The van der Waals surface area contributed by atoms with Gasteiger partial charge in [0.15, 0.2) is 5.16 Å². The zero-order valence-electron chi connectivity index (χ0n) is 17.7. The standard InChI is InChI=1S/C25H23FN4OS/c1-2-18-8-12-21(13-9-18)27-24(31)17-32-25-29-28-23(16-19-6-4-3-5-7-19)30(25)22-14-10-20(26)11-15-22/h3-15H,2,16-17H2,1H3,(H,27,31). The Bertz CT molecular complexity index is 1180. The number of hydrogen-bond acceptors (Lipinski definition) is 4. The SMILES string of the molecule is CCc1ccc(NC(=O)CSc2nnc(Cc3ccccc3)n2-c2ccc(F)cc2)cc1.